The zero-order valence-electron chi connectivity index (χ0n) is 14.8. The third-order valence-electron chi connectivity index (χ3n) is 7.87. The molecule has 0 aromatic rings. The van der Waals surface area contributed by atoms with Crippen molar-refractivity contribution in [1.82, 2.24) is 4.90 Å². The van der Waals surface area contributed by atoms with Gasteiger partial charge in [-0.05, 0) is 19.3 Å². The molecule has 2 spiro atoms. The molecule has 25 heavy (non-hydrogen) atoms. The molecule has 6 rings (SSSR count). The van der Waals surface area contributed by atoms with E-state index in [9.17, 15) is 14.4 Å². The summed E-state index contributed by atoms with van der Waals surface area (Å²) in [6, 6.07) is 0. The second kappa shape index (κ2) is 4.81. The maximum Gasteiger partial charge on any atom is 0.319 e. The number of ketones is 1. The Hall–Kier alpha value is -1.49. The number of carbonyl (C=O) groups is 3. The summed E-state index contributed by atoms with van der Waals surface area (Å²) in [7, 11) is 0. The van der Waals surface area contributed by atoms with Crippen LogP contribution in [0.3, 0.4) is 0 Å². The van der Waals surface area contributed by atoms with Gasteiger partial charge in [-0.1, -0.05) is 44.8 Å². The molecule has 0 radical (unpaired) electrons. The summed E-state index contributed by atoms with van der Waals surface area (Å²) in [5, 5.41) is 0. The normalized spacial score (nSPS) is 47.6. The second-order valence-electron chi connectivity index (χ2n) is 8.56. The Morgan fingerprint density at radius 1 is 1.12 bits per heavy atom. The van der Waals surface area contributed by atoms with Crippen molar-refractivity contribution in [2.75, 3.05) is 6.54 Å². The van der Waals surface area contributed by atoms with Crippen molar-refractivity contribution in [3.63, 3.8) is 0 Å². The summed E-state index contributed by atoms with van der Waals surface area (Å²) < 4.78 is 5.18. The van der Waals surface area contributed by atoms with Crippen LogP contribution in [0.15, 0.2) is 12.2 Å². The predicted octanol–water partition coefficient (Wildman–Crippen LogP) is 2.39. The van der Waals surface area contributed by atoms with Crippen LogP contribution in [0.1, 0.15) is 58.3 Å². The second-order valence-corrected chi connectivity index (χ2v) is 8.56. The Morgan fingerprint density at radius 2 is 1.88 bits per heavy atom. The minimum absolute atomic E-state index is 0.281. The average Bonchev–Trinajstić information content (AvgIpc) is 3.12. The monoisotopic (exact) mass is 343 g/mol. The molecule has 3 saturated heterocycles. The van der Waals surface area contributed by atoms with E-state index in [1.54, 1.807) is 0 Å². The van der Waals surface area contributed by atoms with E-state index in [4.69, 9.17) is 4.74 Å². The number of nitrogens with zero attached hydrogens (tertiary/aromatic N) is 1. The first-order valence-electron chi connectivity index (χ1n) is 9.80. The van der Waals surface area contributed by atoms with Crippen molar-refractivity contribution >= 4 is 17.7 Å². The van der Waals surface area contributed by atoms with E-state index in [-0.39, 0.29) is 17.7 Å². The first-order valence-corrected chi connectivity index (χ1v) is 9.80. The number of carbonyl (C=O) groups excluding carboxylic acids is 3. The van der Waals surface area contributed by atoms with Gasteiger partial charge in [0.05, 0.1) is 22.9 Å². The summed E-state index contributed by atoms with van der Waals surface area (Å²) >= 11 is 0. The molecule has 0 amide bonds. The fourth-order valence-corrected chi connectivity index (χ4v) is 7.07. The third-order valence-corrected chi connectivity index (χ3v) is 7.87. The van der Waals surface area contributed by atoms with Gasteiger partial charge in [0, 0.05) is 18.4 Å². The van der Waals surface area contributed by atoms with E-state index in [1.165, 1.54) is 0 Å². The minimum atomic E-state index is -0.585. The number of hydrogen-bond donors (Lipinski definition) is 0. The topological polar surface area (TPSA) is 63.7 Å². The van der Waals surface area contributed by atoms with E-state index >= 15 is 0 Å². The van der Waals surface area contributed by atoms with Crippen LogP contribution in [0.4, 0.5) is 0 Å². The van der Waals surface area contributed by atoms with Crippen LogP contribution in [0.25, 0.3) is 0 Å². The van der Waals surface area contributed by atoms with Gasteiger partial charge in [-0.15, -0.1) is 0 Å². The molecule has 2 bridgehead atoms. The maximum atomic E-state index is 13.2. The highest BCUT2D eigenvalue weighted by Gasteiger charge is 2.80. The molecular formula is C20H25NO4. The van der Waals surface area contributed by atoms with Gasteiger partial charge < -0.3 is 4.74 Å². The number of piperidine rings is 1. The number of hydrogen-bond acceptors (Lipinski definition) is 5. The van der Waals surface area contributed by atoms with Crippen molar-refractivity contribution in [1.29, 1.82) is 0 Å². The van der Waals surface area contributed by atoms with Gasteiger partial charge in [0.25, 0.3) is 0 Å². The summed E-state index contributed by atoms with van der Waals surface area (Å²) in [6.07, 6.45) is 11.3. The van der Waals surface area contributed by atoms with Gasteiger partial charge in [-0.3, -0.25) is 19.3 Å². The Balaban J connectivity index is 1.78. The standard InChI is InChI=1S/C20H25NO4/c1-2-3-8-19-11-10-18(14-15(19)17(24)25-16(14)23)7-4-5-9-20(18)13(22)6-12-21(19)20/h10-11,14-15H,2-9,12H2,1H3/t14-,15+,18+,19-,20-/m0/s1. The Bertz CT molecular complexity index is 714. The fourth-order valence-electron chi connectivity index (χ4n) is 7.07. The van der Waals surface area contributed by atoms with Crippen LogP contribution in [0, 0.1) is 17.3 Å². The van der Waals surface area contributed by atoms with Crippen LogP contribution in [-0.4, -0.2) is 40.2 Å². The lowest BCUT2D eigenvalue weighted by Crippen LogP contribution is -2.79. The third kappa shape index (κ3) is 1.50. The molecule has 0 unspecified atom stereocenters. The molecule has 134 valence electrons. The lowest BCUT2D eigenvalue weighted by atomic mass is 9.43. The molecule has 2 aliphatic carbocycles. The molecule has 4 aliphatic heterocycles. The van der Waals surface area contributed by atoms with Crippen molar-refractivity contribution in [3.8, 4) is 0 Å². The highest BCUT2D eigenvalue weighted by atomic mass is 16.6. The van der Waals surface area contributed by atoms with Gasteiger partial charge >= 0.3 is 11.9 Å². The molecule has 4 fully saturated rings. The molecule has 5 heteroatoms. The van der Waals surface area contributed by atoms with E-state index in [0.717, 1.165) is 44.9 Å². The summed E-state index contributed by atoms with van der Waals surface area (Å²) in [4.78, 5) is 41.1. The number of esters is 2. The smallest absolute Gasteiger partial charge is 0.319 e. The molecule has 4 heterocycles. The lowest BCUT2D eigenvalue weighted by Gasteiger charge is -2.69. The van der Waals surface area contributed by atoms with Gasteiger partial charge in [0.1, 0.15) is 0 Å². The Kier molecular flexibility index (Phi) is 3.03. The lowest BCUT2D eigenvalue weighted by molar-refractivity contribution is -0.189. The van der Waals surface area contributed by atoms with Crippen molar-refractivity contribution < 1.29 is 19.1 Å². The highest BCUT2D eigenvalue weighted by Crippen LogP contribution is 2.70. The first-order chi connectivity index (χ1) is 12.0. The quantitative estimate of drug-likeness (QED) is 0.447. The van der Waals surface area contributed by atoms with Gasteiger partial charge in [-0.2, -0.15) is 0 Å². The predicted molar refractivity (Wildman–Crippen MR) is 89.4 cm³/mol. The number of Topliss-reactive ketones (excluding diaryl/α,β-unsaturated/α-hetero) is 1. The molecule has 1 saturated carbocycles. The van der Waals surface area contributed by atoms with Crippen molar-refractivity contribution in [2.24, 2.45) is 17.3 Å². The Labute approximate surface area is 147 Å². The van der Waals surface area contributed by atoms with E-state index in [1.807, 2.05) is 0 Å². The SMILES string of the molecule is CCCC[C@@]12C=C[C@]3(CCCC[C@]34C(=O)CCN14)[C@@H]1C(=O)OC(=O)[C@@H]12. The largest absolute Gasteiger partial charge is 0.393 e. The fraction of sp³-hybridized carbons (Fsp3) is 0.750. The summed E-state index contributed by atoms with van der Waals surface area (Å²) in [5.74, 6) is -1.38. The Morgan fingerprint density at radius 3 is 2.68 bits per heavy atom. The zero-order chi connectivity index (χ0) is 17.4. The number of unbranched alkanes of at least 4 members (excludes halogenated alkanes) is 1. The van der Waals surface area contributed by atoms with Gasteiger partial charge in [0.2, 0.25) is 0 Å². The van der Waals surface area contributed by atoms with E-state index in [0.29, 0.717) is 13.0 Å². The molecular weight excluding hydrogens is 318 g/mol. The van der Waals surface area contributed by atoms with Crippen LogP contribution in [0.5, 0.6) is 0 Å². The molecule has 5 atom stereocenters. The summed E-state index contributed by atoms with van der Waals surface area (Å²) in [5.41, 5.74) is -1.64. The molecule has 0 aromatic carbocycles. The van der Waals surface area contributed by atoms with Crippen molar-refractivity contribution in [2.45, 2.75) is 69.4 Å². The summed E-state index contributed by atoms with van der Waals surface area (Å²) in [6.45, 7) is 2.84. The molecule has 6 aliphatic rings. The minimum Gasteiger partial charge on any atom is -0.393 e. The number of rotatable bonds is 3. The van der Waals surface area contributed by atoms with Gasteiger partial charge in [-0.25, -0.2) is 0 Å². The number of ether oxygens (including phenoxy) is 1. The van der Waals surface area contributed by atoms with Crippen molar-refractivity contribution in [3.05, 3.63) is 12.2 Å². The van der Waals surface area contributed by atoms with Crippen LogP contribution in [-0.2, 0) is 19.1 Å². The molecule has 0 N–H and O–H groups in total. The maximum absolute atomic E-state index is 13.2. The van der Waals surface area contributed by atoms with Crippen LogP contribution < -0.4 is 0 Å². The first kappa shape index (κ1) is 15.7. The number of cyclic esters (lactones) is 2. The van der Waals surface area contributed by atoms with E-state index < -0.39 is 28.3 Å². The molecule has 0 aromatic heterocycles. The van der Waals surface area contributed by atoms with E-state index in [2.05, 4.69) is 24.0 Å². The van der Waals surface area contributed by atoms with Gasteiger partial charge in [0.15, 0.2) is 5.78 Å². The average molecular weight is 343 g/mol. The zero-order valence-corrected chi connectivity index (χ0v) is 14.8. The van der Waals surface area contributed by atoms with Crippen LogP contribution >= 0.6 is 0 Å². The van der Waals surface area contributed by atoms with Crippen LogP contribution in [0.2, 0.25) is 0 Å². The highest BCUT2D eigenvalue weighted by molar-refractivity contribution is 6.02. The molecule has 5 nitrogen and oxygen atoms in total.